The second-order valence-corrected chi connectivity index (χ2v) is 11.1. The molecule has 0 aliphatic carbocycles. The molecule has 0 saturated carbocycles. The molecule has 0 radical (unpaired) electrons. The van der Waals surface area contributed by atoms with Gasteiger partial charge in [0.25, 0.3) is 0 Å². The van der Waals surface area contributed by atoms with Crippen molar-refractivity contribution >= 4 is 87.5 Å². The highest BCUT2D eigenvalue weighted by atomic mass is 16.1. The lowest BCUT2D eigenvalue weighted by molar-refractivity contribution is 1.27. The smallest absolute Gasteiger partial charge is 0.215 e. The fourth-order valence-electron chi connectivity index (χ4n) is 7.14. The molecule has 10 aromatic rings. The van der Waals surface area contributed by atoms with Crippen LogP contribution in [0.1, 0.15) is 0 Å². The van der Waals surface area contributed by atoms with Gasteiger partial charge in [0, 0.05) is 21.5 Å². The molecule has 0 unspecified atom stereocenters. The highest BCUT2D eigenvalue weighted by molar-refractivity contribution is 6.23. The number of nitrogens with zero attached hydrogens (tertiary/aromatic N) is 4. The minimum Gasteiger partial charge on any atom is -0.306 e. The van der Waals surface area contributed by atoms with Crippen LogP contribution in [0.5, 0.6) is 0 Å². The van der Waals surface area contributed by atoms with Gasteiger partial charge in [-0.3, -0.25) is 19.2 Å². The Morgan fingerprint density at radius 3 is 1.00 bits per heavy atom. The highest BCUT2D eigenvalue weighted by Gasteiger charge is 2.26. The fraction of sp³-hybridized carbons (Fsp3) is 0. The Bertz CT molecular complexity index is 2950. The van der Waals surface area contributed by atoms with Crippen molar-refractivity contribution in [3.8, 4) is 0 Å². The summed E-state index contributed by atoms with van der Waals surface area (Å²) in [5.74, 6) is 0. The molecule has 8 heteroatoms. The Hall–Kier alpha value is -6.28. The second-order valence-electron chi connectivity index (χ2n) is 11.1. The number of benzene rings is 4. The van der Waals surface area contributed by atoms with E-state index < -0.39 is 0 Å². The van der Waals surface area contributed by atoms with E-state index in [9.17, 15) is 19.2 Å². The molecule has 0 aliphatic rings. The largest absolute Gasteiger partial charge is 0.306 e. The lowest BCUT2D eigenvalue weighted by Crippen LogP contribution is -2.19. The van der Waals surface area contributed by atoms with Crippen LogP contribution >= 0.6 is 0 Å². The van der Waals surface area contributed by atoms with Crippen molar-refractivity contribution in [1.82, 2.24) is 18.8 Å². The molecule has 0 aliphatic heterocycles. The molecule has 44 heavy (non-hydrogen) atoms. The number of para-hydroxylation sites is 4. The van der Waals surface area contributed by atoms with E-state index in [2.05, 4.69) is 0 Å². The van der Waals surface area contributed by atoms with Gasteiger partial charge >= 0.3 is 0 Å². The predicted octanol–water partition coefficient (Wildman–Crippen LogP) is 5.37. The summed E-state index contributed by atoms with van der Waals surface area (Å²) < 4.78 is 3.75. The third kappa shape index (κ3) is 2.56. The number of hydrogen-bond donors (Lipinski definition) is 0. The third-order valence-electron chi connectivity index (χ3n) is 8.96. The first kappa shape index (κ1) is 23.3. The molecule has 10 rings (SSSR count). The molecule has 0 saturated heterocycles. The van der Waals surface area contributed by atoms with Gasteiger partial charge in [-0.1, -0.05) is 48.5 Å². The first-order valence-corrected chi connectivity index (χ1v) is 14.1. The molecule has 0 N–H and O–H groups in total. The van der Waals surface area contributed by atoms with Crippen molar-refractivity contribution in [1.29, 1.82) is 0 Å². The molecule has 0 amide bonds. The minimum atomic E-state index is -0.353. The van der Waals surface area contributed by atoms with Crippen LogP contribution in [0.4, 0.5) is 0 Å². The van der Waals surface area contributed by atoms with Crippen molar-refractivity contribution < 1.29 is 0 Å². The quantitative estimate of drug-likeness (QED) is 0.180. The Kier molecular flexibility index (Phi) is 4.11. The summed E-state index contributed by atoms with van der Waals surface area (Å²) in [4.78, 5) is 66.8. The average molecular weight is 569 g/mol. The van der Waals surface area contributed by atoms with Crippen molar-refractivity contribution in [2.75, 3.05) is 0 Å². The van der Waals surface area contributed by atoms with Gasteiger partial charge in [0.2, 0.25) is 10.9 Å². The van der Waals surface area contributed by atoms with E-state index in [4.69, 9.17) is 9.97 Å². The zero-order valence-electron chi connectivity index (χ0n) is 22.7. The summed E-state index contributed by atoms with van der Waals surface area (Å²) in [7, 11) is 0. The van der Waals surface area contributed by atoms with Gasteiger partial charge in [-0.2, -0.15) is 0 Å². The lowest BCUT2D eigenvalue weighted by Gasteiger charge is -2.18. The fourth-order valence-corrected chi connectivity index (χ4v) is 7.14. The first-order valence-electron chi connectivity index (χ1n) is 14.1. The third-order valence-corrected chi connectivity index (χ3v) is 8.96. The van der Waals surface area contributed by atoms with Gasteiger partial charge in [-0.15, -0.1) is 0 Å². The van der Waals surface area contributed by atoms with Gasteiger partial charge in [0.05, 0.1) is 43.9 Å². The summed E-state index contributed by atoms with van der Waals surface area (Å²) in [5.41, 5.74) is 2.06. The number of pyridine rings is 6. The topological polar surface area (TPSA) is 103 Å². The summed E-state index contributed by atoms with van der Waals surface area (Å²) in [6.07, 6.45) is 0. The molecule has 0 atom stereocenters. The summed E-state index contributed by atoms with van der Waals surface area (Å²) >= 11 is 0. The van der Waals surface area contributed by atoms with Gasteiger partial charge in [0.15, 0.2) is 10.9 Å². The monoisotopic (exact) mass is 568 g/mol. The second kappa shape index (κ2) is 7.76. The van der Waals surface area contributed by atoms with Crippen LogP contribution in [0, 0.1) is 0 Å². The van der Waals surface area contributed by atoms with Crippen molar-refractivity contribution in [3.63, 3.8) is 0 Å². The number of hydrogen-bond acceptors (Lipinski definition) is 6. The zero-order chi connectivity index (χ0) is 29.4. The van der Waals surface area contributed by atoms with Crippen LogP contribution in [0.3, 0.4) is 0 Å². The van der Waals surface area contributed by atoms with E-state index in [1.807, 2.05) is 57.3 Å². The Balaban J connectivity index is 1.66. The molecule has 6 aromatic heterocycles. The van der Waals surface area contributed by atoms with Gasteiger partial charge in [-0.05, 0) is 48.5 Å². The van der Waals surface area contributed by atoms with Gasteiger partial charge < -0.3 is 8.80 Å². The van der Waals surface area contributed by atoms with Crippen LogP contribution in [-0.4, -0.2) is 18.8 Å². The molecular weight excluding hydrogens is 552 g/mol. The maximum atomic E-state index is 14.4. The molecule has 0 fully saturated rings. The Labute approximate surface area is 244 Å². The van der Waals surface area contributed by atoms with Crippen LogP contribution in [0.25, 0.3) is 87.5 Å². The van der Waals surface area contributed by atoms with E-state index in [1.54, 1.807) is 48.5 Å². The Morgan fingerprint density at radius 2 is 0.659 bits per heavy atom. The van der Waals surface area contributed by atoms with Crippen LogP contribution in [0.2, 0.25) is 0 Å². The van der Waals surface area contributed by atoms with Crippen LogP contribution < -0.4 is 21.7 Å². The first-order chi connectivity index (χ1) is 21.5. The molecule has 6 heterocycles. The Morgan fingerprint density at radius 1 is 0.364 bits per heavy atom. The van der Waals surface area contributed by atoms with E-state index in [1.165, 1.54) is 0 Å². The van der Waals surface area contributed by atoms with Crippen molar-refractivity contribution in [2.45, 2.75) is 0 Å². The lowest BCUT2D eigenvalue weighted by atomic mass is 10.0. The van der Waals surface area contributed by atoms with Gasteiger partial charge in [0.1, 0.15) is 22.1 Å². The van der Waals surface area contributed by atoms with Gasteiger partial charge in [-0.25, -0.2) is 9.97 Å². The molecule has 0 spiro atoms. The predicted molar refractivity (Wildman–Crippen MR) is 174 cm³/mol. The molecule has 0 bridgehead atoms. The normalized spacial score (nSPS) is 12.5. The molecule has 8 nitrogen and oxygen atoms in total. The van der Waals surface area contributed by atoms with E-state index in [-0.39, 0.29) is 54.6 Å². The van der Waals surface area contributed by atoms with Crippen LogP contribution in [-0.2, 0) is 0 Å². The van der Waals surface area contributed by atoms with Crippen molar-refractivity contribution in [2.24, 2.45) is 0 Å². The maximum Gasteiger partial charge on any atom is 0.215 e. The summed E-state index contributed by atoms with van der Waals surface area (Å²) in [5, 5.41) is 2.01. The summed E-state index contributed by atoms with van der Waals surface area (Å²) in [6, 6.07) is 28.8. The minimum absolute atomic E-state index is 0.0628. The zero-order valence-corrected chi connectivity index (χ0v) is 22.7. The number of rotatable bonds is 0. The maximum absolute atomic E-state index is 14.4. The molecular formula is C36H16N4O4. The number of aromatic nitrogens is 4. The standard InChI is InChI=1S/C36H16N4O4/c41-33-17-9-1-5-13-21(17)39-23-15-7-3-11-19(23)35(43)29-31(39)25(33)27-28(38-29)26-32-30(37-27)36(44)20-12-4-8-16-24(20)40(32)22-14-6-2-10-18(22)34(26)42/h1-16H. The number of fused-ring (bicyclic) bond motifs is 11. The van der Waals surface area contributed by atoms with E-state index >= 15 is 0 Å². The van der Waals surface area contributed by atoms with Crippen LogP contribution in [0.15, 0.2) is 116 Å². The summed E-state index contributed by atoms with van der Waals surface area (Å²) in [6.45, 7) is 0. The van der Waals surface area contributed by atoms with E-state index in [0.29, 0.717) is 54.6 Å². The SMILES string of the molecule is O=c1c2ccccc2n2c3ccccc3c(=O)c3c4nc5c(=O)c6ccccc6n6c7ccccc7c(=O)c(c4nc1c32)c56. The molecule has 204 valence electrons. The van der Waals surface area contributed by atoms with E-state index in [0.717, 1.165) is 0 Å². The average Bonchev–Trinajstić information content (AvgIpc) is 3.07. The van der Waals surface area contributed by atoms with Crippen molar-refractivity contribution in [3.05, 3.63) is 138 Å². The molecule has 4 aromatic carbocycles. The highest BCUT2D eigenvalue weighted by Crippen LogP contribution is 2.34.